The fourth-order valence-corrected chi connectivity index (χ4v) is 5.12. The van der Waals surface area contributed by atoms with Gasteiger partial charge in [-0.3, -0.25) is 9.59 Å². The van der Waals surface area contributed by atoms with Crippen molar-refractivity contribution in [3.8, 4) is 0 Å². The third-order valence-corrected chi connectivity index (χ3v) is 6.85. The maximum Gasteiger partial charge on any atom is 0.228 e. The smallest absolute Gasteiger partial charge is 0.228 e. The average molecular weight is 378 g/mol. The van der Waals surface area contributed by atoms with Gasteiger partial charge in [0, 0.05) is 50.0 Å². The van der Waals surface area contributed by atoms with Gasteiger partial charge in [-0.25, -0.2) is 4.98 Å². The molecule has 1 spiro atoms. The van der Waals surface area contributed by atoms with E-state index in [1.807, 2.05) is 22.1 Å². The topological polar surface area (TPSA) is 62.7 Å². The molecule has 1 atom stereocenters. The SMILES string of the molecule is Cc1nc(CC(=O)N2CCC3(CC2)CC(=O)N(CC2CCCO2)C3)cs1. The zero-order valence-corrected chi connectivity index (χ0v) is 16.2. The van der Waals surface area contributed by atoms with E-state index >= 15 is 0 Å². The van der Waals surface area contributed by atoms with Crippen LogP contribution in [-0.4, -0.2) is 65.5 Å². The van der Waals surface area contributed by atoms with Gasteiger partial charge >= 0.3 is 0 Å². The lowest BCUT2D eigenvalue weighted by atomic mass is 9.77. The minimum absolute atomic E-state index is 0.0592. The number of thiazole rings is 1. The van der Waals surface area contributed by atoms with Crippen LogP contribution in [0.3, 0.4) is 0 Å². The Hall–Kier alpha value is -1.47. The van der Waals surface area contributed by atoms with E-state index in [0.29, 0.717) is 12.8 Å². The Morgan fingerprint density at radius 1 is 1.42 bits per heavy atom. The standard InChI is InChI=1S/C19H27N3O3S/c1-14-20-15(12-26-14)9-17(23)21-6-4-19(5-7-21)10-18(24)22(13-19)11-16-3-2-8-25-16/h12,16H,2-11,13H2,1H3. The van der Waals surface area contributed by atoms with Crippen molar-refractivity contribution in [2.24, 2.45) is 5.41 Å². The molecule has 3 fully saturated rings. The second-order valence-electron chi connectivity index (χ2n) is 8.00. The number of hydrogen-bond donors (Lipinski definition) is 0. The van der Waals surface area contributed by atoms with Crippen molar-refractivity contribution in [1.82, 2.24) is 14.8 Å². The molecule has 0 saturated carbocycles. The van der Waals surface area contributed by atoms with Crippen LogP contribution < -0.4 is 0 Å². The average Bonchev–Trinajstić information content (AvgIpc) is 3.32. The second kappa shape index (κ2) is 7.27. The normalized spacial score (nSPS) is 25.4. The van der Waals surface area contributed by atoms with Crippen LogP contribution in [0.2, 0.25) is 0 Å². The molecule has 2 amide bonds. The highest BCUT2D eigenvalue weighted by molar-refractivity contribution is 7.09. The van der Waals surface area contributed by atoms with Crippen molar-refractivity contribution < 1.29 is 14.3 Å². The van der Waals surface area contributed by atoms with E-state index in [2.05, 4.69) is 4.98 Å². The number of amides is 2. The molecular weight excluding hydrogens is 350 g/mol. The van der Waals surface area contributed by atoms with Crippen LogP contribution in [0, 0.1) is 12.3 Å². The number of carbonyl (C=O) groups excluding carboxylic acids is 2. The minimum atomic E-state index is 0.0592. The monoisotopic (exact) mass is 377 g/mol. The van der Waals surface area contributed by atoms with E-state index in [-0.39, 0.29) is 23.3 Å². The first-order valence-corrected chi connectivity index (χ1v) is 10.5. The van der Waals surface area contributed by atoms with Gasteiger partial charge < -0.3 is 14.5 Å². The number of piperidine rings is 1. The van der Waals surface area contributed by atoms with Crippen LogP contribution in [0.25, 0.3) is 0 Å². The Balaban J connectivity index is 1.30. The zero-order valence-electron chi connectivity index (χ0n) is 15.4. The van der Waals surface area contributed by atoms with Crippen molar-refractivity contribution in [1.29, 1.82) is 0 Å². The molecule has 4 rings (SSSR count). The first-order valence-electron chi connectivity index (χ1n) is 9.61. The molecule has 1 unspecified atom stereocenters. The number of carbonyl (C=O) groups is 2. The number of rotatable bonds is 4. The Labute approximate surface area is 158 Å². The number of likely N-dealkylation sites (tertiary alicyclic amines) is 2. The summed E-state index contributed by atoms with van der Waals surface area (Å²) in [6.07, 6.45) is 5.25. The molecule has 4 heterocycles. The summed E-state index contributed by atoms with van der Waals surface area (Å²) in [4.78, 5) is 33.4. The molecule has 3 aliphatic rings. The fourth-order valence-electron chi connectivity index (χ4n) is 4.50. The molecule has 0 N–H and O–H groups in total. The first-order chi connectivity index (χ1) is 12.5. The van der Waals surface area contributed by atoms with Crippen molar-refractivity contribution in [2.45, 2.75) is 51.6 Å². The molecule has 0 radical (unpaired) electrons. The van der Waals surface area contributed by atoms with E-state index in [9.17, 15) is 9.59 Å². The van der Waals surface area contributed by atoms with Gasteiger partial charge in [-0.05, 0) is 32.6 Å². The van der Waals surface area contributed by atoms with Crippen LogP contribution in [0.5, 0.6) is 0 Å². The number of nitrogens with zero attached hydrogens (tertiary/aromatic N) is 3. The number of aryl methyl sites for hydroxylation is 1. The van der Waals surface area contributed by atoms with Gasteiger partial charge in [0.05, 0.1) is 23.2 Å². The van der Waals surface area contributed by atoms with Crippen LogP contribution >= 0.6 is 11.3 Å². The molecule has 0 aliphatic carbocycles. The molecule has 0 bridgehead atoms. The van der Waals surface area contributed by atoms with Crippen LogP contribution in [0.4, 0.5) is 0 Å². The highest BCUT2D eigenvalue weighted by Crippen LogP contribution is 2.41. The first kappa shape index (κ1) is 17.9. The molecule has 1 aromatic rings. The summed E-state index contributed by atoms with van der Waals surface area (Å²) >= 11 is 1.59. The summed E-state index contributed by atoms with van der Waals surface area (Å²) in [7, 11) is 0. The molecule has 7 heteroatoms. The minimum Gasteiger partial charge on any atom is -0.376 e. The van der Waals surface area contributed by atoms with Crippen LogP contribution in [0.1, 0.15) is 42.8 Å². The lowest BCUT2D eigenvalue weighted by Crippen LogP contribution is -2.45. The van der Waals surface area contributed by atoms with E-state index in [0.717, 1.165) is 69.2 Å². The van der Waals surface area contributed by atoms with E-state index in [1.165, 1.54) is 0 Å². The van der Waals surface area contributed by atoms with Crippen LogP contribution in [0.15, 0.2) is 5.38 Å². The lowest BCUT2D eigenvalue weighted by Gasteiger charge is -2.39. The predicted octanol–water partition coefficient (Wildman–Crippen LogP) is 2.01. The third-order valence-electron chi connectivity index (χ3n) is 6.03. The Kier molecular flexibility index (Phi) is 5.01. The van der Waals surface area contributed by atoms with Crippen molar-refractivity contribution >= 4 is 23.2 Å². The fraction of sp³-hybridized carbons (Fsp3) is 0.737. The number of aromatic nitrogens is 1. The maximum absolute atomic E-state index is 12.5. The number of ether oxygens (including phenoxy) is 1. The summed E-state index contributed by atoms with van der Waals surface area (Å²) < 4.78 is 5.69. The molecule has 142 valence electrons. The molecule has 0 aromatic carbocycles. The van der Waals surface area contributed by atoms with E-state index in [1.54, 1.807) is 11.3 Å². The molecule has 26 heavy (non-hydrogen) atoms. The van der Waals surface area contributed by atoms with Gasteiger partial charge in [-0.1, -0.05) is 0 Å². The molecule has 6 nitrogen and oxygen atoms in total. The van der Waals surface area contributed by atoms with Crippen molar-refractivity contribution in [3.63, 3.8) is 0 Å². The lowest BCUT2D eigenvalue weighted by molar-refractivity contribution is -0.132. The van der Waals surface area contributed by atoms with Gasteiger partial charge in [0.15, 0.2) is 0 Å². The number of hydrogen-bond acceptors (Lipinski definition) is 5. The summed E-state index contributed by atoms with van der Waals surface area (Å²) in [5.74, 6) is 0.420. The molecule has 3 saturated heterocycles. The van der Waals surface area contributed by atoms with Crippen LogP contribution in [-0.2, 0) is 20.7 Å². The quantitative estimate of drug-likeness (QED) is 0.805. The highest BCUT2D eigenvalue weighted by atomic mass is 32.1. The predicted molar refractivity (Wildman–Crippen MR) is 99.0 cm³/mol. The zero-order chi connectivity index (χ0) is 18.1. The summed E-state index contributed by atoms with van der Waals surface area (Å²) in [5, 5.41) is 2.97. The summed E-state index contributed by atoms with van der Waals surface area (Å²) in [6, 6.07) is 0. The van der Waals surface area contributed by atoms with Gasteiger partial charge in [0.1, 0.15) is 0 Å². The second-order valence-corrected chi connectivity index (χ2v) is 9.06. The third kappa shape index (κ3) is 3.78. The van der Waals surface area contributed by atoms with E-state index < -0.39 is 0 Å². The van der Waals surface area contributed by atoms with E-state index in [4.69, 9.17) is 4.74 Å². The van der Waals surface area contributed by atoms with Crippen molar-refractivity contribution in [2.75, 3.05) is 32.8 Å². The Morgan fingerprint density at radius 3 is 2.88 bits per heavy atom. The Bertz CT molecular complexity index is 675. The summed E-state index contributed by atoms with van der Waals surface area (Å²) in [5.41, 5.74) is 0.931. The van der Waals surface area contributed by atoms with Gasteiger partial charge in [0.25, 0.3) is 0 Å². The molecule has 3 aliphatic heterocycles. The maximum atomic E-state index is 12.5. The van der Waals surface area contributed by atoms with Gasteiger partial charge in [-0.2, -0.15) is 0 Å². The van der Waals surface area contributed by atoms with Crippen molar-refractivity contribution in [3.05, 3.63) is 16.1 Å². The largest absolute Gasteiger partial charge is 0.376 e. The summed E-state index contributed by atoms with van der Waals surface area (Å²) in [6.45, 7) is 5.87. The molecule has 1 aromatic heterocycles. The molecular formula is C19H27N3O3S. The van der Waals surface area contributed by atoms with Gasteiger partial charge in [-0.15, -0.1) is 11.3 Å². The highest BCUT2D eigenvalue weighted by Gasteiger charge is 2.45. The Morgan fingerprint density at radius 2 is 2.23 bits per heavy atom. The van der Waals surface area contributed by atoms with Gasteiger partial charge in [0.2, 0.25) is 11.8 Å².